The number of hydrogen-bond acceptors (Lipinski definition) is 5. The minimum absolute atomic E-state index is 0.108. The quantitative estimate of drug-likeness (QED) is 0.748. The Morgan fingerprint density at radius 2 is 2.00 bits per heavy atom. The van der Waals surface area contributed by atoms with Crippen molar-refractivity contribution in [3.05, 3.63) is 18.2 Å². The van der Waals surface area contributed by atoms with Crippen molar-refractivity contribution in [2.45, 2.75) is 25.0 Å². The molecular formula is C14H18N2O4. The number of ether oxygens (including phenoxy) is 2. The Balaban J connectivity index is 1.50. The van der Waals surface area contributed by atoms with Crippen LogP contribution in [0.2, 0.25) is 0 Å². The van der Waals surface area contributed by atoms with Crippen molar-refractivity contribution in [1.29, 1.82) is 0 Å². The van der Waals surface area contributed by atoms with Crippen LogP contribution in [-0.4, -0.2) is 42.9 Å². The number of rotatable bonds is 4. The molecule has 1 aliphatic carbocycles. The lowest BCUT2D eigenvalue weighted by atomic mass is 9.89. The Morgan fingerprint density at radius 3 is 2.75 bits per heavy atom. The molecule has 1 amide bonds. The summed E-state index contributed by atoms with van der Waals surface area (Å²) in [5.41, 5.74) is 0.690. The van der Waals surface area contributed by atoms with Gasteiger partial charge in [-0.05, 0) is 25.0 Å². The van der Waals surface area contributed by atoms with Gasteiger partial charge < -0.3 is 25.2 Å². The van der Waals surface area contributed by atoms with Crippen LogP contribution in [0.25, 0.3) is 0 Å². The molecular weight excluding hydrogens is 260 g/mol. The highest BCUT2D eigenvalue weighted by Gasteiger charge is 2.26. The van der Waals surface area contributed by atoms with Gasteiger partial charge in [-0.1, -0.05) is 0 Å². The van der Waals surface area contributed by atoms with E-state index in [1.165, 1.54) is 0 Å². The Kier molecular flexibility index (Phi) is 3.75. The summed E-state index contributed by atoms with van der Waals surface area (Å²) in [6.45, 7) is 1.32. The van der Waals surface area contributed by atoms with Gasteiger partial charge in [-0.2, -0.15) is 0 Å². The summed E-state index contributed by atoms with van der Waals surface area (Å²) in [4.78, 5) is 11.8. The fourth-order valence-corrected chi connectivity index (χ4v) is 2.32. The molecule has 0 bridgehead atoms. The molecule has 0 radical (unpaired) electrons. The molecule has 0 aromatic heterocycles. The van der Waals surface area contributed by atoms with Crippen molar-refractivity contribution in [1.82, 2.24) is 5.32 Å². The van der Waals surface area contributed by atoms with Crippen molar-refractivity contribution in [2.24, 2.45) is 0 Å². The first kappa shape index (κ1) is 13.2. The van der Waals surface area contributed by atoms with Crippen LogP contribution in [0, 0.1) is 0 Å². The molecule has 1 heterocycles. The molecule has 3 rings (SSSR count). The van der Waals surface area contributed by atoms with Gasteiger partial charge in [-0.15, -0.1) is 0 Å². The Bertz CT molecular complexity index is 500. The number of nitrogens with one attached hydrogen (secondary N) is 2. The van der Waals surface area contributed by atoms with Crippen molar-refractivity contribution in [3.8, 4) is 11.5 Å². The fourth-order valence-electron chi connectivity index (χ4n) is 2.32. The van der Waals surface area contributed by atoms with E-state index in [0.717, 1.165) is 12.8 Å². The highest BCUT2D eigenvalue weighted by molar-refractivity contribution is 5.92. The minimum atomic E-state index is -0.214. The Hall–Kier alpha value is -1.79. The molecule has 1 aromatic rings. The lowest BCUT2D eigenvalue weighted by molar-refractivity contribution is -0.115. The third-order valence-corrected chi connectivity index (χ3v) is 3.49. The summed E-state index contributed by atoms with van der Waals surface area (Å²) in [5, 5.41) is 15.1. The first-order chi connectivity index (χ1) is 9.70. The third-order valence-electron chi connectivity index (χ3n) is 3.49. The van der Waals surface area contributed by atoms with E-state index in [1.807, 2.05) is 0 Å². The van der Waals surface area contributed by atoms with Crippen LogP contribution in [0.4, 0.5) is 5.69 Å². The van der Waals surface area contributed by atoms with Gasteiger partial charge in [0.2, 0.25) is 5.91 Å². The van der Waals surface area contributed by atoms with Gasteiger partial charge in [-0.25, -0.2) is 0 Å². The Labute approximate surface area is 117 Å². The maximum atomic E-state index is 11.8. The molecule has 3 N–H and O–H groups in total. The van der Waals surface area contributed by atoms with E-state index < -0.39 is 0 Å². The minimum Gasteiger partial charge on any atom is -0.486 e. The topological polar surface area (TPSA) is 79.8 Å². The molecule has 108 valence electrons. The molecule has 6 nitrogen and oxygen atoms in total. The Morgan fingerprint density at radius 1 is 1.25 bits per heavy atom. The van der Waals surface area contributed by atoms with Gasteiger partial charge in [0.1, 0.15) is 13.2 Å². The summed E-state index contributed by atoms with van der Waals surface area (Å²) in [6, 6.07) is 5.59. The van der Waals surface area contributed by atoms with Crippen molar-refractivity contribution >= 4 is 11.6 Å². The zero-order valence-corrected chi connectivity index (χ0v) is 11.1. The monoisotopic (exact) mass is 278 g/mol. The number of hydrogen-bond donors (Lipinski definition) is 3. The summed E-state index contributed by atoms with van der Waals surface area (Å²) in [5.74, 6) is 1.25. The van der Waals surface area contributed by atoms with Crippen LogP contribution in [0.1, 0.15) is 12.8 Å². The van der Waals surface area contributed by atoms with Crippen LogP contribution in [0.3, 0.4) is 0 Å². The number of aliphatic hydroxyl groups excluding tert-OH is 1. The van der Waals surface area contributed by atoms with E-state index in [9.17, 15) is 4.79 Å². The number of anilines is 1. The zero-order valence-electron chi connectivity index (χ0n) is 11.1. The predicted octanol–water partition coefficient (Wildman–Crippen LogP) is 0.509. The smallest absolute Gasteiger partial charge is 0.238 e. The van der Waals surface area contributed by atoms with Gasteiger partial charge in [0.15, 0.2) is 11.5 Å². The normalized spacial score (nSPS) is 23.9. The molecule has 2 aliphatic rings. The van der Waals surface area contributed by atoms with E-state index in [-0.39, 0.29) is 24.6 Å². The molecule has 0 spiro atoms. The molecule has 1 aliphatic heterocycles. The number of fused-ring (bicyclic) bond motifs is 1. The SMILES string of the molecule is O=C(CNC1CC(O)C1)Nc1ccc2c(c1)OCCO2. The van der Waals surface area contributed by atoms with Crippen molar-refractivity contribution < 1.29 is 19.4 Å². The van der Waals surface area contributed by atoms with Gasteiger partial charge in [0, 0.05) is 17.8 Å². The van der Waals surface area contributed by atoms with Gasteiger partial charge >= 0.3 is 0 Å². The molecule has 1 aromatic carbocycles. The van der Waals surface area contributed by atoms with Crippen molar-refractivity contribution in [2.75, 3.05) is 25.1 Å². The molecule has 0 atom stereocenters. The summed E-state index contributed by atoms with van der Waals surface area (Å²) >= 11 is 0. The maximum Gasteiger partial charge on any atom is 0.238 e. The first-order valence-corrected chi connectivity index (χ1v) is 6.81. The lowest BCUT2D eigenvalue weighted by Crippen LogP contribution is -2.46. The molecule has 0 unspecified atom stereocenters. The van der Waals surface area contributed by atoms with Crippen LogP contribution in [-0.2, 0) is 4.79 Å². The third kappa shape index (κ3) is 3.02. The number of carbonyl (C=O) groups excluding carboxylic acids is 1. The summed E-state index contributed by atoms with van der Waals surface area (Å²) < 4.78 is 10.9. The fraction of sp³-hybridized carbons (Fsp3) is 0.500. The van der Waals surface area contributed by atoms with Crippen LogP contribution < -0.4 is 20.1 Å². The first-order valence-electron chi connectivity index (χ1n) is 6.81. The van der Waals surface area contributed by atoms with E-state index >= 15 is 0 Å². The highest BCUT2D eigenvalue weighted by Crippen LogP contribution is 2.32. The van der Waals surface area contributed by atoms with Gasteiger partial charge in [0.05, 0.1) is 12.6 Å². The van der Waals surface area contributed by atoms with Crippen molar-refractivity contribution in [3.63, 3.8) is 0 Å². The van der Waals surface area contributed by atoms with E-state index in [2.05, 4.69) is 10.6 Å². The number of carbonyl (C=O) groups is 1. The van der Waals surface area contributed by atoms with E-state index in [4.69, 9.17) is 14.6 Å². The second-order valence-electron chi connectivity index (χ2n) is 5.11. The average Bonchev–Trinajstić information content (AvgIpc) is 2.42. The highest BCUT2D eigenvalue weighted by atomic mass is 16.6. The molecule has 1 saturated carbocycles. The molecule has 20 heavy (non-hydrogen) atoms. The summed E-state index contributed by atoms with van der Waals surface area (Å²) in [7, 11) is 0. The zero-order chi connectivity index (χ0) is 13.9. The number of aliphatic hydroxyl groups is 1. The number of amides is 1. The van der Waals surface area contributed by atoms with E-state index in [1.54, 1.807) is 18.2 Å². The average molecular weight is 278 g/mol. The second-order valence-corrected chi connectivity index (χ2v) is 5.11. The maximum absolute atomic E-state index is 11.8. The molecule has 6 heteroatoms. The standard InChI is InChI=1S/C14H18N2O4/c17-11-5-10(6-11)15-8-14(18)16-9-1-2-12-13(7-9)20-4-3-19-12/h1-2,7,10-11,15,17H,3-6,8H2,(H,16,18). The largest absolute Gasteiger partial charge is 0.486 e. The van der Waals surface area contributed by atoms with Gasteiger partial charge in [-0.3, -0.25) is 4.79 Å². The second kappa shape index (κ2) is 5.68. The van der Waals surface area contributed by atoms with Gasteiger partial charge in [0.25, 0.3) is 0 Å². The summed E-state index contributed by atoms with van der Waals surface area (Å²) in [6.07, 6.45) is 1.22. The van der Waals surface area contributed by atoms with Crippen LogP contribution in [0.5, 0.6) is 11.5 Å². The molecule has 0 saturated heterocycles. The predicted molar refractivity (Wildman–Crippen MR) is 73.1 cm³/mol. The number of benzene rings is 1. The lowest BCUT2D eigenvalue weighted by Gasteiger charge is -2.31. The van der Waals surface area contributed by atoms with Crippen LogP contribution >= 0.6 is 0 Å². The molecule has 1 fully saturated rings. The van der Waals surface area contributed by atoms with E-state index in [0.29, 0.717) is 30.4 Å². The van der Waals surface area contributed by atoms with Crippen LogP contribution in [0.15, 0.2) is 18.2 Å².